The first-order valence-corrected chi connectivity index (χ1v) is 6.50. The lowest BCUT2D eigenvalue weighted by Crippen LogP contribution is -2.23. The van der Waals surface area contributed by atoms with Gasteiger partial charge >= 0.3 is 0 Å². The molecule has 0 bridgehead atoms. The van der Waals surface area contributed by atoms with Crippen LogP contribution in [-0.4, -0.2) is 0 Å². The molecule has 2 aromatic rings. The van der Waals surface area contributed by atoms with Crippen molar-refractivity contribution in [3.63, 3.8) is 0 Å². The van der Waals surface area contributed by atoms with Crippen molar-refractivity contribution in [1.29, 1.82) is 0 Å². The smallest absolute Gasteiger partial charge is 0.0950 e. The highest BCUT2D eigenvalue weighted by Gasteiger charge is 2.14. The van der Waals surface area contributed by atoms with Gasteiger partial charge in [0.15, 0.2) is 0 Å². The summed E-state index contributed by atoms with van der Waals surface area (Å²) in [6, 6.07) is 7.07. The highest BCUT2D eigenvalue weighted by atomic mass is 32.1. The van der Waals surface area contributed by atoms with Crippen molar-refractivity contribution in [3.8, 4) is 0 Å². The molecule has 86 valence electrons. The van der Waals surface area contributed by atoms with E-state index in [0.29, 0.717) is 12.1 Å². The summed E-state index contributed by atoms with van der Waals surface area (Å²) in [5, 5.41) is 5.75. The Morgan fingerprint density at radius 2 is 2.31 bits per heavy atom. The summed E-state index contributed by atoms with van der Waals surface area (Å²) in [5.74, 6) is 0. The second kappa shape index (κ2) is 5.32. The maximum absolute atomic E-state index is 5.10. The molecule has 2 unspecified atom stereocenters. The van der Waals surface area contributed by atoms with Gasteiger partial charge < -0.3 is 9.73 Å². The molecule has 0 spiro atoms. The zero-order valence-electron chi connectivity index (χ0n) is 9.64. The zero-order valence-corrected chi connectivity index (χ0v) is 10.5. The minimum Gasteiger partial charge on any atom is -0.472 e. The van der Waals surface area contributed by atoms with Crippen molar-refractivity contribution in [2.45, 2.75) is 32.4 Å². The van der Waals surface area contributed by atoms with Gasteiger partial charge in [0.25, 0.3) is 0 Å². The van der Waals surface area contributed by atoms with Crippen LogP contribution in [0.2, 0.25) is 0 Å². The molecule has 0 aromatic carbocycles. The first-order valence-electron chi connectivity index (χ1n) is 5.62. The topological polar surface area (TPSA) is 25.2 Å². The third kappa shape index (κ3) is 2.54. The number of hydrogen-bond acceptors (Lipinski definition) is 3. The van der Waals surface area contributed by atoms with Gasteiger partial charge in [-0.25, -0.2) is 0 Å². The summed E-state index contributed by atoms with van der Waals surface area (Å²) in [5.41, 5.74) is 1.20. The first kappa shape index (κ1) is 11.4. The normalized spacial score (nSPS) is 14.9. The van der Waals surface area contributed by atoms with E-state index < -0.39 is 0 Å². The molecule has 0 saturated heterocycles. The lowest BCUT2D eigenvalue weighted by molar-refractivity contribution is 0.457. The van der Waals surface area contributed by atoms with Gasteiger partial charge in [-0.05, 0) is 30.9 Å². The average molecular weight is 235 g/mol. The van der Waals surface area contributed by atoms with Crippen molar-refractivity contribution >= 4 is 11.3 Å². The van der Waals surface area contributed by atoms with Crippen LogP contribution in [0.4, 0.5) is 0 Å². The van der Waals surface area contributed by atoms with E-state index in [9.17, 15) is 0 Å². The van der Waals surface area contributed by atoms with E-state index in [4.69, 9.17) is 4.42 Å². The standard InChI is InChI=1S/C13H17NOS/c1-3-12(13-5-4-8-16-13)14-10(2)11-6-7-15-9-11/h4-10,12,14H,3H2,1-2H3. The molecule has 0 saturated carbocycles. The van der Waals surface area contributed by atoms with Crippen molar-refractivity contribution in [1.82, 2.24) is 5.32 Å². The summed E-state index contributed by atoms with van der Waals surface area (Å²) < 4.78 is 5.10. The van der Waals surface area contributed by atoms with Gasteiger partial charge in [0, 0.05) is 22.5 Å². The molecular weight excluding hydrogens is 218 g/mol. The van der Waals surface area contributed by atoms with Crippen molar-refractivity contribution < 1.29 is 4.42 Å². The fourth-order valence-corrected chi connectivity index (χ4v) is 2.68. The summed E-state index contributed by atoms with van der Waals surface area (Å²) >= 11 is 1.81. The molecule has 3 heteroatoms. The molecule has 2 rings (SSSR count). The Morgan fingerprint density at radius 3 is 2.88 bits per heavy atom. The molecule has 16 heavy (non-hydrogen) atoms. The summed E-state index contributed by atoms with van der Waals surface area (Å²) in [4.78, 5) is 1.40. The molecule has 1 N–H and O–H groups in total. The molecule has 2 heterocycles. The minimum absolute atomic E-state index is 0.325. The second-order valence-corrected chi connectivity index (χ2v) is 4.90. The van der Waals surface area contributed by atoms with Gasteiger partial charge in [0.05, 0.1) is 12.5 Å². The molecular formula is C13H17NOS. The van der Waals surface area contributed by atoms with Gasteiger partial charge in [-0.1, -0.05) is 13.0 Å². The number of furan rings is 1. The number of hydrogen-bond donors (Lipinski definition) is 1. The Kier molecular flexibility index (Phi) is 3.80. The largest absolute Gasteiger partial charge is 0.472 e. The molecule has 0 radical (unpaired) electrons. The second-order valence-electron chi connectivity index (χ2n) is 3.92. The number of nitrogens with one attached hydrogen (secondary N) is 1. The summed E-state index contributed by atoms with van der Waals surface area (Å²) in [7, 11) is 0. The van der Waals surface area contributed by atoms with Crippen molar-refractivity contribution in [2.75, 3.05) is 0 Å². The average Bonchev–Trinajstić information content (AvgIpc) is 2.96. The van der Waals surface area contributed by atoms with Crippen LogP contribution in [0, 0.1) is 0 Å². The quantitative estimate of drug-likeness (QED) is 0.842. The van der Waals surface area contributed by atoms with Crippen LogP contribution >= 0.6 is 11.3 Å². The minimum atomic E-state index is 0.325. The fourth-order valence-electron chi connectivity index (χ4n) is 1.81. The fraction of sp³-hybridized carbons (Fsp3) is 0.385. The Morgan fingerprint density at radius 1 is 1.44 bits per heavy atom. The maximum Gasteiger partial charge on any atom is 0.0950 e. The summed E-state index contributed by atoms with van der Waals surface area (Å²) in [6.07, 6.45) is 4.63. The highest BCUT2D eigenvalue weighted by molar-refractivity contribution is 7.10. The van der Waals surface area contributed by atoms with Crippen molar-refractivity contribution in [2.24, 2.45) is 0 Å². The monoisotopic (exact) mass is 235 g/mol. The predicted octanol–water partition coefficient (Wildman–Crippen LogP) is 4.14. The predicted molar refractivity (Wildman–Crippen MR) is 67.6 cm³/mol. The molecule has 0 aliphatic carbocycles. The van der Waals surface area contributed by atoms with E-state index in [1.165, 1.54) is 10.4 Å². The Balaban J connectivity index is 2.02. The van der Waals surface area contributed by atoms with Crippen LogP contribution in [0.15, 0.2) is 40.5 Å². The third-order valence-electron chi connectivity index (χ3n) is 2.79. The van der Waals surface area contributed by atoms with Crippen LogP contribution in [0.1, 0.15) is 42.8 Å². The van der Waals surface area contributed by atoms with Crippen LogP contribution in [0.3, 0.4) is 0 Å². The van der Waals surface area contributed by atoms with Crippen molar-refractivity contribution in [3.05, 3.63) is 46.5 Å². The van der Waals surface area contributed by atoms with Crippen LogP contribution < -0.4 is 5.32 Å². The van der Waals surface area contributed by atoms with Gasteiger partial charge in [-0.15, -0.1) is 11.3 Å². The van der Waals surface area contributed by atoms with Crippen LogP contribution in [-0.2, 0) is 0 Å². The SMILES string of the molecule is CCC(NC(C)c1ccoc1)c1cccs1. The lowest BCUT2D eigenvalue weighted by atomic mass is 10.1. The Bertz CT molecular complexity index is 394. The van der Waals surface area contributed by atoms with E-state index in [1.807, 2.05) is 17.4 Å². The highest BCUT2D eigenvalue weighted by Crippen LogP contribution is 2.25. The molecule has 0 fully saturated rings. The number of rotatable bonds is 5. The molecule has 2 nitrogen and oxygen atoms in total. The van der Waals surface area contributed by atoms with Gasteiger partial charge in [0.2, 0.25) is 0 Å². The lowest BCUT2D eigenvalue weighted by Gasteiger charge is -2.20. The maximum atomic E-state index is 5.10. The van der Waals surface area contributed by atoms with E-state index in [-0.39, 0.29) is 0 Å². The Labute approximate surface area is 100 Å². The molecule has 0 amide bonds. The Hall–Kier alpha value is -1.06. The molecule has 2 atom stereocenters. The van der Waals surface area contributed by atoms with Crippen LogP contribution in [0.25, 0.3) is 0 Å². The molecule has 0 aliphatic rings. The first-order chi connectivity index (χ1) is 7.81. The van der Waals surface area contributed by atoms with E-state index in [2.05, 4.69) is 36.7 Å². The summed E-state index contributed by atoms with van der Waals surface area (Å²) in [6.45, 7) is 4.38. The van der Waals surface area contributed by atoms with Crippen LogP contribution in [0.5, 0.6) is 0 Å². The van der Waals surface area contributed by atoms with E-state index in [1.54, 1.807) is 12.5 Å². The van der Waals surface area contributed by atoms with E-state index in [0.717, 1.165) is 6.42 Å². The molecule has 2 aromatic heterocycles. The third-order valence-corrected chi connectivity index (χ3v) is 3.78. The zero-order chi connectivity index (χ0) is 11.4. The van der Waals surface area contributed by atoms with Gasteiger partial charge in [-0.3, -0.25) is 0 Å². The molecule has 0 aliphatic heterocycles. The van der Waals surface area contributed by atoms with Gasteiger partial charge in [-0.2, -0.15) is 0 Å². The number of thiophene rings is 1. The van der Waals surface area contributed by atoms with E-state index >= 15 is 0 Å². The van der Waals surface area contributed by atoms with Gasteiger partial charge in [0.1, 0.15) is 0 Å².